The number of ether oxygens (including phenoxy) is 1. The van der Waals surface area contributed by atoms with Crippen molar-refractivity contribution in [2.45, 2.75) is 13.0 Å². The minimum absolute atomic E-state index is 0.0337. The maximum absolute atomic E-state index is 14.0. The highest BCUT2D eigenvalue weighted by molar-refractivity contribution is 9.10. The molecular formula is C15H13BrF3NO. The van der Waals surface area contributed by atoms with Gasteiger partial charge in [0.1, 0.15) is 0 Å². The molecule has 0 fully saturated rings. The Morgan fingerprint density at radius 3 is 2.38 bits per heavy atom. The molecule has 6 heteroatoms. The van der Waals surface area contributed by atoms with Gasteiger partial charge < -0.3 is 10.1 Å². The quantitative estimate of drug-likeness (QED) is 0.780. The molecule has 0 aliphatic rings. The monoisotopic (exact) mass is 359 g/mol. The fourth-order valence-corrected chi connectivity index (χ4v) is 2.17. The number of nitrogens with one attached hydrogen (secondary N) is 1. The number of halogens is 4. The lowest BCUT2D eigenvalue weighted by atomic mass is 10.1. The van der Waals surface area contributed by atoms with Crippen LogP contribution < -0.4 is 10.1 Å². The third-order valence-corrected chi connectivity index (χ3v) is 3.53. The van der Waals surface area contributed by atoms with E-state index in [4.69, 9.17) is 4.74 Å². The van der Waals surface area contributed by atoms with Crippen LogP contribution in [-0.2, 0) is 0 Å². The predicted octanol–water partition coefficient (Wildman–Crippen LogP) is 4.94. The highest BCUT2D eigenvalue weighted by atomic mass is 79.9. The first-order valence-electron chi connectivity index (χ1n) is 6.21. The van der Waals surface area contributed by atoms with Gasteiger partial charge in [0.2, 0.25) is 5.82 Å². The van der Waals surface area contributed by atoms with Gasteiger partial charge in [-0.25, -0.2) is 8.78 Å². The van der Waals surface area contributed by atoms with Gasteiger partial charge in [0, 0.05) is 10.5 Å². The zero-order valence-corrected chi connectivity index (χ0v) is 13.0. The van der Waals surface area contributed by atoms with Crippen molar-refractivity contribution in [3.63, 3.8) is 0 Å². The summed E-state index contributed by atoms with van der Waals surface area (Å²) in [5.41, 5.74) is 0.725. The van der Waals surface area contributed by atoms with E-state index in [0.717, 1.165) is 11.6 Å². The lowest BCUT2D eigenvalue weighted by Gasteiger charge is -2.13. The number of benzene rings is 2. The summed E-state index contributed by atoms with van der Waals surface area (Å²) in [6.45, 7) is 1.87. The molecule has 2 nitrogen and oxygen atoms in total. The first-order chi connectivity index (χ1) is 9.92. The summed E-state index contributed by atoms with van der Waals surface area (Å²) in [4.78, 5) is 0. The molecule has 1 atom stereocenters. The van der Waals surface area contributed by atoms with E-state index < -0.39 is 17.5 Å². The second-order valence-electron chi connectivity index (χ2n) is 4.50. The third-order valence-electron chi connectivity index (χ3n) is 3.07. The van der Waals surface area contributed by atoms with E-state index >= 15 is 0 Å². The smallest absolute Gasteiger partial charge is 0.201 e. The van der Waals surface area contributed by atoms with Gasteiger partial charge in [-0.2, -0.15) is 4.39 Å². The van der Waals surface area contributed by atoms with Crippen LogP contribution in [0.15, 0.2) is 34.8 Å². The van der Waals surface area contributed by atoms with Crippen molar-refractivity contribution >= 4 is 15.9 Å². The summed E-state index contributed by atoms with van der Waals surface area (Å²) in [6, 6.07) is 6.51. The van der Waals surface area contributed by atoms with Crippen molar-refractivity contribution in [3.05, 3.63) is 57.8 Å². The average molecular weight is 360 g/mol. The van der Waals surface area contributed by atoms with Crippen LogP contribution in [0.5, 0.6) is 11.5 Å². The highest BCUT2D eigenvalue weighted by Gasteiger charge is 2.15. The van der Waals surface area contributed by atoms with Crippen LogP contribution in [0, 0.1) is 17.5 Å². The SMILES string of the molecule is CNC(C)c1ccc(Oc2cc(Br)cc(F)c2F)c(F)c1. The summed E-state index contributed by atoms with van der Waals surface area (Å²) in [5.74, 6) is -3.42. The van der Waals surface area contributed by atoms with Crippen LogP contribution in [0.3, 0.4) is 0 Å². The van der Waals surface area contributed by atoms with E-state index in [-0.39, 0.29) is 17.5 Å². The first kappa shape index (κ1) is 15.9. The Morgan fingerprint density at radius 2 is 1.76 bits per heavy atom. The van der Waals surface area contributed by atoms with Gasteiger partial charge in [0.15, 0.2) is 23.1 Å². The van der Waals surface area contributed by atoms with Crippen molar-refractivity contribution in [2.75, 3.05) is 7.05 Å². The molecule has 0 radical (unpaired) electrons. The molecule has 0 aliphatic heterocycles. The number of rotatable bonds is 4. The van der Waals surface area contributed by atoms with Crippen LogP contribution in [0.25, 0.3) is 0 Å². The Morgan fingerprint density at radius 1 is 1.05 bits per heavy atom. The lowest BCUT2D eigenvalue weighted by molar-refractivity contribution is 0.396. The predicted molar refractivity (Wildman–Crippen MR) is 78.0 cm³/mol. The maximum atomic E-state index is 14.0. The Kier molecular flexibility index (Phi) is 4.90. The second kappa shape index (κ2) is 6.49. The standard InChI is InChI=1S/C15H13BrF3NO/c1-8(20-2)9-3-4-13(11(17)5-9)21-14-7-10(16)6-12(18)15(14)19/h3-8,20H,1-2H3. The number of hydrogen-bond acceptors (Lipinski definition) is 2. The molecule has 0 aliphatic carbocycles. The molecule has 2 aromatic carbocycles. The molecule has 0 saturated heterocycles. The van der Waals surface area contributed by atoms with Crippen molar-refractivity contribution in [2.24, 2.45) is 0 Å². The van der Waals surface area contributed by atoms with Crippen molar-refractivity contribution in [1.82, 2.24) is 5.32 Å². The van der Waals surface area contributed by atoms with Crippen molar-refractivity contribution in [3.8, 4) is 11.5 Å². The molecule has 0 spiro atoms. The summed E-state index contributed by atoms with van der Waals surface area (Å²) < 4.78 is 46.3. The van der Waals surface area contributed by atoms with Gasteiger partial charge >= 0.3 is 0 Å². The normalized spacial score (nSPS) is 12.3. The summed E-state index contributed by atoms with van der Waals surface area (Å²) in [6.07, 6.45) is 0. The molecule has 0 amide bonds. The summed E-state index contributed by atoms with van der Waals surface area (Å²) in [7, 11) is 1.76. The fourth-order valence-electron chi connectivity index (χ4n) is 1.76. The second-order valence-corrected chi connectivity index (χ2v) is 5.42. The molecule has 0 heterocycles. The third kappa shape index (κ3) is 3.57. The van der Waals surface area contributed by atoms with Gasteiger partial charge in [-0.15, -0.1) is 0 Å². The Balaban J connectivity index is 2.32. The van der Waals surface area contributed by atoms with Gasteiger partial charge in [0.05, 0.1) is 0 Å². The summed E-state index contributed by atoms with van der Waals surface area (Å²) >= 11 is 3.03. The van der Waals surface area contributed by atoms with Crippen LogP contribution in [-0.4, -0.2) is 7.05 Å². The van der Waals surface area contributed by atoms with E-state index in [0.29, 0.717) is 4.47 Å². The molecule has 2 rings (SSSR count). The van der Waals surface area contributed by atoms with Crippen molar-refractivity contribution in [1.29, 1.82) is 0 Å². The molecule has 0 aromatic heterocycles. The Labute approximate surface area is 129 Å². The minimum Gasteiger partial charge on any atom is -0.451 e. The zero-order valence-electron chi connectivity index (χ0n) is 11.4. The molecule has 0 saturated carbocycles. The van der Waals surface area contributed by atoms with Crippen LogP contribution in [0.2, 0.25) is 0 Å². The molecule has 112 valence electrons. The largest absolute Gasteiger partial charge is 0.451 e. The minimum atomic E-state index is -1.16. The Hall–Kier alpha value is -1.53. The number of hydrogen-bond donors (Lipinski definition) is 1. The van der Waals surface area contributed by atoms with Crippen LogP contribution in [0.4, 0.5) is 13.2 Å². The van der Waals surface area contributed by atoms with Crippen LogP contribution >= 0.6 is 15.9 Å². The molecule has 1 unspecified atom stereocenters. The van der Waals surface area contributed by atoms with E-state index in [9.17, 15) is 13.2 Å². The topological polar surface area (TPSA) is 21.3 Å². The maximum Gasteiger partial charge on any atom is 0.201 e. The summed E-state index contributed by atoms with van der Waals surface area (Å²) in [5, 5.41) is 2.98. The van der Waals surface area contributed by atoms with Crippen molar-refractivity contribution < 1.29 is 17.9 Å². The van der Waals surface area contributed by atoms with Gasteiger partial charge in [-0.1, -0.05) is 22.0 Å². The van der Waals surface area contributed by atoms with Gasteiger partial charge in [-0.05, 0) is 43.8 Å². The van der Waals surface area contributed by atoms with Gasteiger partial charge in [0.25, 0.3) is 0 Å². The fraction of sp³-hybridized carbons (Fsp3) is 0.200. The lowest BCUT2D eigenvalue weighted by Crippen LogP contribution is -2.12. The van der Waals surface area contributed by atoms with E-state index in [2.05, 4.69) is 21.2 Å². The van der Waals surface area contributed by atoms with E-state index in [1.165, 1.54) is 18.2 Å². The molecule has 21 heavy (non-hydrogen) atoms. The molecule has 1 N–H and O–H groups in total. The Bertz CT molecular complexity index is 664. The average Bonchev–Trinajstić information content (AvgIpc) is 2.45. The van der Waals surface area contributed by atoms with E-state index in [1.807, 2.05) is 6.92 Å². The van der Waals surface area contributed by atoms with Crippen LogP contribution in [0.1, 0.15) is 18.5 Å². The molecule has 2 aromatic rings. The van der Waals surface area contributed by atoms with E-state index in [1.54, 1.807) is 13.1 Å². The van der Waals surface area contributed by atoms with Gasteiger partial charge in [-0.3, -0.25) is 0 Å². The highest BCUT2D eigenvalue weighted by Crippen LogP contribution is 2.31. The molecular weight excluding hydrogens is 347 g/mol. The zero-order chi connectivity index (χ0) is 15.6. The first-order valence-corrected chi connectivity index (χ1v) is 7.00. The molecule has 0 bridgehead atoms.